The third-order valence-corrected chi connectivity index (χ3v) is 2.40. The lowest BCUT2D eigenvalue weighted by molar-refractivity contribution is 0.0690. The normalized spacial score (nSPS) is 10.3. The fourth-order valence-corrected chi connectivity index (χ4v) is 1.57. The number of nitrogens with zero attached hydrogens (tertiary/aromatic N) is 2. The van der Waals surface area contributed by atoms with E-state index in [4.69, 9.17) is 9.52 Å². The Balaban J connectivity index is 2.39. The maximum atomic E-state index is 13.7. The van der Waals surface area contributed by atoms with E-state index in [1.165, 1.54) is 11.0 Å². The Morgan fingerprint density at radius 3 is 2.78 bits per heavy atom. The number of aromatic nitrogens is 1. The molecule has 0 fully saturated rings. The van der Waals surface area contributed by atoms with E-state index >= 15 is 0 Å². The summed E-state index contributed by atoms with van der Waals surface area (Å²) in [4.78, 5) is 16.0. The quantitative estimate of drug-likeness (QED) is 0.903. The molecular formula is C12H11FN2O3. The van der Waals surface area contributed by atoms with Gasteiger partial charge in [0.1, 0.15) is 12.1 Å². The van der Waals surface area contributed by atoms with Crippen molar-refractivity contribution >= 4 is 17.7 Å². The monoisotopic (exact) mass is 250 g/mol. The number of carboxylic acids is 1. The first-order valence-corrected chi connectivity index (χ1v) is 5.34. The number of benzene rings is 1. The van der Waals surface area contributed by atoms with Crippen LogP contribution in [0.3, 0.4) is 0 Å². The van der Waals surface area contributed by atoms with Crippen LogP contribution in [0.5, 0.6) is 0 Å². The van der Waals surface area contributed by atoms with E-state index in [1.54, 1.807) is 25.1 Å². The number of aromatic carboxylic acids is 1. The zero-order chi connectivity index (χ0) is 13.1. The number of halogens is 1. The smallest absolute Gasteiger partial charge is 0.357 e. The van der Waals surface area contributed by atoms with Crippen molar-refractivity contribution in [2.24, 2.45) is 0 Å². The van der Waals surface area contributed by atoms with E-state index in [2.05, 4.69) is 4.98 Å². The van der Waals surface area contributed by atoms with Crippen molar-refractivity contribution in [1.29, 1.82) is 0 Å². The summed E-state index contributed by atoms with van der Waals surface area (Å²) in [5, 5.41) is 8.76. The van der Waals surface area contributed by atoms with Crippen LogP contribution in [0.15, 0.2) is 34.9 Å². The average molecular weight is 250 g/mol. The third kappa shape index (κ3) is 2.17. The average Bonchev–Trinajstić information content (AvgIpc) is 2.82. The largest absolute Gasteiger partial charge is 0.476 e. The van der Waals surface area contributed by atoms with E-state index < -0.39 is 11.8 Å². The van der Waals surface area contributed by atoms with Crippen molar-refractivity contribution in [3.63, 3.8) is 0 Å². The Bertz CT molecular complexity index is 568. The van der Waals surface area contributed by atoms with E-state index in [0.29, 0.717) is 12.2 Å². The zero-order valence-corrected chi connectivity index (χ0v) is 9.63. The van der Waals surface area contributed by atoms with Gasteiger partial charge in [0.25, 0.3) is 0 Å². The Kier molecular flexibility index (Phi) is 3.27. The molecule has 0 spiro atoms. The van der Waals surface area contributed by atoms with Crippen LogP contribution in [0.4, 0.5) is 16.1 Å². The summed E-state index contributed by atoms with van der Waals surface area (Å²) >= 11 is 0. The van der Waals surface area contributed by atoms with Gasteiger partial charge in [-0.2, -0.15) is 4.98 Å². The van der Waals surface area contributed by atoms with Gasteiger partial charge in [-0.15, -0.1) is 0 Å². The third-order valence-electron chi connectivity index (χ3n) is 2.40. The Morgan fingerprint density at radius 2 is 2.22 bits per heavy atom. The number of carboxylic acid groups (broad SMARTS) is 1. The highest BCUT2D eigenvalue weighted by Crippen LogP contribution is 2.26. The molecule has 0 aliphatic carbocycles. The summed E-state index contributed by atoms with van der Waals surface area (Å²) in [6.07, 6.45) is 1.03. The topological polar surface area (TPSA) is 66.6 Å². The maximum absolute atomic E-state index is 13.7. The summed E-state index contributed by atoms with van der Waals surface area (Å²) in [6.45, 7) is 2.19. The van der Waals surface area contributed by atoms with Crippen LogP contribution in [-0.4, -0.2) is 22.6 Å². The fourth-order valence-electron chi connectivity index (χ4n) is 1.57. The second-order valence-corrected chi connectivity index (χ2v) is 3.52. The minimum absolute atomic E-state index is 0.0556. The van der Waals surface area contributed by atoms with Crippen LogP contribution in [0, 0.1) is 5.82 Å². The predicted molar refractivity (Wildman–Crippen MR) is 62.5 cm³/mol. The molecule has 5 nitrogen and oxygen atoms in total. The molecule has 2 aromatic rings. The van der Waals surface area contributed by atoms with Crippen LogP contribution in [0.2, 0.25) is 0 Å². The van der Waals surface area contributed by atoms with Gasteiger partial charge in [0.15, 0.2) is 5.69 Å². The van der Waals surface area contributed by atoms with Crippen LogP contribution >= 0.6 is 0 Å². The molecule has 0 atom stereocenters. The van der Waals surface area contributed by atoms with Crippen LogP contribution in [-0.2, 0) is 0 Å². The van der Waals surface area contributed by atoms with Gasteiger partial charge in [0.2, 0.25) is 0 Å². The molecule has 6 heteroatoms. The second kappa shape index (κ2) is 4.87. The molecule has 0 amide bonds. The van der Waals surface area contributed by atoms with Crippen LogP contribution in [0.25, 0.3) is 0 Å². The number of para-hydroxylation sites is 1. The number of oxazole rings is 1. The molecule has 1 aromatic heterocycles. The molecule has 0 bridgehead atoms. The van der Waals surface area contributed by atoms with E-state index in [9.17, 15) is 9.18 Å². The molecule has 0 saturated carbocycles. The zero-order valence-electron chi connectivity index (χ0n) is 9.63. The number of anilines is 2. The maximum Gasteiger partial charge on any atom is 0.357 e. The second-order valence-electron chi connectivity index (χ2n) is 3.52. The first-order chi connectivity index (χ1) is 8.63. The van der Waals surface area contributed by atoms with Crippen molar-refractivity contribution < 1.29 is 18.7 Å². The number of rotatable bonds is 4. The van der Waals surface area contributed by atoms with E-state index in [-0.39, 0.29) is 11.7 Å². The van der Waals surface area contributed by atoms with Gasteiger partial charge >= 0.3 is 12.0 Å². The number of carbonyl (C=O) groups is 1. The molecule has 0 aliphatic rings. The highest BCUT2D eigenvalue weighted by Gasteiger charge is 2.18. The van der Waals surface area contributed by atoms with Crippen LogP contribution < -0.4 is 4.90 Å². The van der Waals surface area contributed by atoms with Crippen molar-refractivity contribution in [1.82, 2.24) is 4.98 Å². The van der Waals surface area contributed by atoms with Crippen molar-refractivity contribution in [3.05, 3.63) is 42.0 Å². The van der Waals surface area contributed by atoms with Gasteiger partial charge < -0.3 is 9.52 Å². The summed E-state index contributed by atoms with van der Waals surface area (Å²) in [5.41, 5.74) is 0.0820. The SMILES string of the molecule is CCN(c1nc(C(=O)O)co1)c1ccccc1F. The summed E-state index contributed by atoms with van der Waals surface area (Å²) in [7, 11) is 0. The fraction of sp³-hybridized carbons (Fsp3) is 0.167. The minimum Gasteiger partial charge on any atom is -0.476 e. The standard InChI is InChI=1S/C12H11FN2O3/c1-2-15(10-6-4-3-5-8(10)13)12-14-9(7-18-12)11(16)17/h3-7H,2H2,1H3,(H,16,17). The van der Waals surface area contributed by atoms with E-state index in [1.807, 2.05) is 0 Å². The molecule has 0 unspecified atom stereocenters. The highest BCUT2D eigenvalue weighted by molar-refractivity contribution is 5.85. The first kappa shape index (κ1) is 12.1. The first-order valence-electron chi connectivity index (χ1n) is 5.34. The summed E-state index contributed by atoms with van der Waals surface area (Å²) < 4.78 is 18.7. The molecule has 1 N–H and O–H groups in total. The lowest BCUT2D eigenvalue weighted by atomic mass is 10.3. The molecule has 2 rings (SSSR count). The van der Waals surface area contributed by atoms with Gasteiger partial charge in [0.05, 0.1) is 5.69 Å². The Morgan fingerprint density at radius 1 is 1.50 bits per heavy atom. The molecule has 0 saturated heterocycles. The van der Waals surface area contributed by atoms with Crippen molar-refractivity contribution in [3.8, 4) is 0 Å². The molecule has 1 heterocycles. The lowest BCUT2D eigenvalue weighted by Gasteiger charge is -2.18. The molecule has 94 valence electrons. The number of hydrogen-bond acceptors (Lipinski definition) is 4. The molecular weight excluding hydrogens is 239 g/mol. The van der Waals surface area contributed by atoms with Crippen LogP contribution in [0.1, 0.15) is 17.4 Å². The summed E-state index contributed by atoms with van der Waals surface area (Å²) in [5.74, 6) is -1.61. The Labute approximate surface area is 102 Å². The molecule has 1 aromatic carbocycles. The molecule has 0 aliphatic heterocycles. The molecule has 18 heavy (non-hydrogen) atoms. The van der Waals surface area contributed by atoms with E-state index in [0.717, 1.165) is 6.26 Å². The number of hydrogen-bond donors (Lipinski definition) is 1. The highest BCUT2D eigenvalue weighted by atomic mass is 19.1. The van der Waals surface area contributed by atoms with Gasteiger partial charge in [-0.25, -0.2) is 9.18 Å². The minimum atomic E-state index is -1.19. The summed E-state index contributed by atoms with van der Waals surface area (Å²) in [6, 6.07) is 6.20. The lowest BCUT2D eigenvalue weighted by Crippen LogP contribution is -2.17. The van der Waals surface area contributed by atoms with Crippen molar-refractivity contribution in [2.45, 2.75) is 6.92 Å². The van der Waals surface area contributed by atoms with Gasteiger partial charge in [-0.05, 0) is 19.1 Å². The van der Waals surface area contributed by atoms with Gasteiger partial charge in [0, 0.05) is 6.54 Å². The molecule has 0 radical (unpaired) electrons. The van der Waals surface area contributed by atoms with Gasteiger partial charge in [-0.1, -0.05) is 12.1 Å². The predicted octanol–water partition coefficient (Wildman–Crippen LogP) is 2.67. The van der Waals surface area contributed by atoms with Gasteiger partial charge in [-0.3, -0.25) is 4.90 Å². The van der Waals surface area contributed by atoms with Crippen molar-refractivity contribution in [2.75, 3.05) is 11.4 Å². The Hall–Kier alpha value is -2.37.